The maximum atomic E-state index is 14.1. The summed E-state index contributed by atoms with van der Waals surface area (Å²) in [7, 11) is 0. The Morgan fingerprint density at radius 3 is 2.55 bits per heavy atom. The van der Waals surface area contributed by atoms with Crippen LogP contribution in [0.5, 0.6) is 0 Å². The minimum atomic E-state index is -0.461. The average molecular weight is 368 g/mol. The van der Waals surface area contributed by atoms with E-state index in [1.54, 1.807) is 0 Å². The molecule has 20 heavy (non-hydrogen) atoms. The molecule has 2 aliphatic rings. The lowest BCUT2D eigenvalue weighted by molar-refractivity contribution is 0.183. The zero-order valence-electron chi connectivity index (χ0n) is 11.0. The van der Waals surface area contributed by atoms with Gasteiger partial charge in [-0.25, -0.2) is 8.78 Å². The van der Waals surface area contributed by atoms with Crippen molar-refractivity contribution in [1.29, 1.82) is 0 Å². The largest absolute Gasteiger partial charge is 0.315 e. The van der Waals surface area contributed by atoms with Gasteiger partial charge in [0.15, 0.2) is 0 Å². The number of halogens is 4. The van der Waals surface area contributed by atoms with E-state index in [9.17, 15) is 8.78 Å². The van der Waals surface area contributed by atoms with Crippen LogP contribution in [0, 0.1) is 11.6 Å². The molecule has 1 aliphatic heterocycles. The smallest absolute Gasteiger partial charge is 0.144 e. The van der Waals surface area contributed by atoms with Gasteiger partial charge in [-0.3, -0.25) is 4.90 Å². The van der Waals surface area contributed by atoms with E-state index in [4.69, 9.17) is 0 Å². The second-order valence-electron chi connectivity index (χ2n) is 5.37. The third-order valence-electron chi connectivity index (χ3n) is 4.00. The van der Waals surface area contributed by atoms with Gasteiger partial charge in [0.2, 0.25) is 0 Å². The van der Waals surface area contributed by atoms with Crippen LogP contribution in [0.2, 0.25) is 0 Å². The fourth-order valence-corrected chi connectivity index (χ4v) is 3.15. The minimum absolute atomic E-state index is 0. The van der Waals surface area contributed by atoms with Crippen molar-refractivity contribution in [3.63, 3.8) is 0 Å². The van der Waals surface area contributed by atoms with E-state index < -0.39 is 11.6 Å². The molecule has 1 aromatic rings. The Balaban J connectivity index is 0.00000147. The molecule has 1 N–H and O–H groups in total. The van der Waals surface area contributed by atoms with Gasteiger partial charge in [-0.1, -0.05) is 0 Å². The lowest BCUT2D eigenvalue weighted by Crippen LogP contribution is -2.38. The molecule has 6 heteroatoms. The maximum Gasteiger partial charge on any atom is 0.144 e. The topological polar surface area (TPSA) is 15.3 Å². The minimum Gasteiger partial charge on any atom is -0.315 e. The summed E-state index contributed by atoms with van der Waals surface area (Å²) in [5.41, 5.74) is 0.188. The Morgan fingerprint density at radius 1 is 1.20 bits per heavy atom. The Hall–Kier alpha value is -0.230. The molecule has 1 unspecified atom stereocenters. The molecule has 2 fully saturated rings. The van der Waals surface area contributed by atoms with Gasteiger partial charge in [0.25, 0.3) is 0 Å². The number of benzene rings is 1. The van der Waals surface area contributed by atoms with Crippen LogP contribution in [-0.2, 0) is 6.54 Å². The van der Waals surface area contributed by atoms with E-state index in [0.29, 0.717) is 23.1 Å². The molecule has 0 bridgehead atoms. The third-order valence-corrected chi connectivity index (χ3v) is 4.61. The monoisotopic (exact) mass is 366 g/mol. The standard InChI is InChI=1S/C14H17BrF2N2.ClH/c15-12-3-4-13(16)11(14(12)17)8-19(9-1-2-9)10-5-6-18-7-10;/h3-4,9-10,18H,1-2,5-8H2;1H. The van der Waals surface area contributed by atoms with E-state index in [-0.39, 0.29) is 18.0 Å². The van der Waals surface area contributed by atoms with Gasteiger partial charge >= 0.3 is 0 Å². The summed E-state index contributed by atoms with van der Waals surface area (Å²) in [5.74, 6) is -0.908. The summed E-state index contributed by atoms with van der Waals surface area (Å²) in [5, 5.41) is 3.32. The predicted molar refractivity (Wildman–Crippen MR) is 81.1 cm³/mol. The number of hydrogen-bond acceptors (Lipinski definition) is 2. The first-order valence-corrected chi connectivity index (χ1v) is 7.55. The molecule has 0 aromatic heterocycles. The Morgan fingerprint density at radius 2 is 1.95 bits per heavy atom. The molecular weight excluding hydrogens is 350 g/mol. The Labute approximate surface area is 132 Å². The van der Waals surface area contributed by atoms with Gasteiger partial charge < -0.3 is 5.32 Å². The summed E-state index contributed by atoms with van der Waals surface area (Å²) in [6, 6.07) is 3.67. The lowest BCUT2D eigenvalue weighted by atomic mass is 10.1. The highest BCUT2D eigenvalue weighted by atomic mass is 79.9. The summed E-state index contributed by atoms with van der Waals surface area (Å²) in [4.78, 5) is 2.27. The molecule has 1 heterocycles. The molecule has 1 aliphatic carbocycles. The normalized spacial score (nSPS) is 22.1. The molecule has 2 nitrogen and oxygen atoms in total. The van der Waals surface area contributed by atoms with Gasteiger partial charge in [0, 0.05) is 30.7 Å². The van der Waals surface area contributed by atoms with Gasteiger partial charge in [0.1, 0.15) is 11.6 Å². The van der Waals surface area contributed by atoms with Crippen LogP contribution in [0.4, 0.5) is 8.78 Å². The molecule has 0 spiro atoms. The van der Waals surface area contributed by atoms with Gasteiger partial charge in [-0.15, -0.1) is 12.4 Å². The zero-order valence-corrected chi connectivity index (χ0v) is 13.4. The first-order chi connectivity index (χ1) is 9.16. The van der Waals surface area contributed by atoms with Crippen molar-refractivity contribution in [2.75, 3.05) is 13.1 Å². The highest BCUT2D eigenvalue weighted by Gasteiger charge is 2.36. The second-order valence-corrected chi connectivity index (χ2v) is 6.23. The van der Waals surface area contributed by atoms with Crippen LogP contribution in [0.15, 0.2) is 16.6 Å². The summed E-state index contributed by atoms with van der Waals surface area (Å²) in [6.45, 7) is 2.29. The molecule has 1 saturated carbocycles. The van der Waals surface area contributed by atoms with Crippen molar-refractivity contribution in [3.05, 3.63) is 33.8 Å². The first kappa shape index (κ1) is 16.1. The molecule has 0 radical (unpaired) electrons. The lowest BCUT2D eigenvalue weighted by Gasteiger charge is -2.28. The molecule has 1 saturated heterocycles. The quantitative estimate of drug-likeness (QED) is 0.820. The highest BCUT2D eigenvalue weighted by molar-refractivity contribution is 9.10. The van der Waals surface area contributed by atoms with Crippen molar-refractivity contribution in [2.24, 2.45) is 0 Å². The fourth-order valence-electron chi connectivity index (χ4n) is 2.78. The number of nitrogens with zero attached hydrogens (tertiary/aromatic N) is 1. The summed E-state index contributed by atoms with van der Waals surface area (Å²) >= 11 is 3.13. The summed E-state index contributed by atoms with van der Waals surface area (Å²) in [6.07, 6.45) is 3.36. The van der Waals surface area contributed by atoms with Crippen LogP contribution < -0.4 is 5.32 Å². The third kappa shape index (κ3) is 3.32. The maximum absolute atomic E-state index is 14.1. The molecule has 3 rings (SSSR count). The fraction of sp³-hybridized carbons (Fsp3) is 0.571. The zero-order chi connectivity index (χ0) is 13.4. The summed E-state index contributed by atoms with van der Waals surface area (Å²) < 4.78 is 28.3. The molecule has 0 amide bonds. The van der Waals surface area contributed by atoms with E-state index in [1.165, 1.54) is 12.1 Å². The van der Waals surface area contributed by atoms with Crippen molar-refractivity contribution < 1.29 is 8.78 Å². The first-order valence-electron chi connectivity index (χ1n) is 6.75. The van der Waals surface area contributed by atoms with Crippen LogP contribution in [0.3, 0.4) is 0 Å². The second kappa shape index (κ2) is 6.69. The van der Waals surface area contributed by atoms with Crippen molar-refractivity contribution in [3.8, 4) is 0 Å². The molecular formula is C14H18BrClF2N2. The highest BCUT2D eigenvalue weighted by Crippen LogP contribution is 2.33. The predicted octanol–water partition coefficient (Wildman–Crippen LogP) is 3.48. The van der Waals surface area contributed by atoms with Gasteiger partial charge in [-0.2, -0.15) is 0 Å². The van der Waals surface area contributed by atoms with Crippen molar-refractivity contribution >= 4 is 28.3 Å². The van der Waals surface area contributed by atoms with Gasteiger partial charge in [0.05, 0.1) is 4.47 Å². The van der Waals surface area contributed by atoms with Crippen LogP contribution in [-0.4, -0.2) is 30.1 Å². The molecule has 112 valence electrons. The SMILES string of the molecule is Cl.Fc1ccc(Br)c(F)c1CN(C1CC1)C1CCNC1. The Bertz CT molecular complexity index is 476. The average Bonchev–Trinajstić information content (AvgIpc) is 3.09. The number of nitrogens with one attached hydrogen (secondary N) is 1. The van der Waals surface area contributed by atoms with E-state index >= 15 is 0 Å². The van der Waals surface area contributed by atoms with E-state index in [2.05, 4.69) is 26.1 Å². The van der Waals surface area contributed by atoms with E-state index in [1.807, 2.05) is 0 Å². The number of rotatable bonds is 4. The van der Waals surface area contributed by atoms with Crippen LogP contribution in [0.25, 0.3) is 0 Å². The van der Waals surface area contributed by atoms with Gasteiger partial charge in [-0.05, 0) is 53.9 Å². The molecule has 1 aromatic carbocycles. The van der Waals surface area contributed by atoms with Crippen LogP contribution >= 0.6 is 28.3 Å². The van der Waals surface area contributed by atoms with Crippen molar-refractivity contribution in [2.45, 2.75) is 37.9 Å². The van der Waals surface area contributed by atoms with E-state index in [0.717, 1.165) is 32.4 Å². The Kier molecular flexibility index (Phi) is 5.40. The van der Waals surface area contributed by atoms with Crippen LogP contribution in [0.1, 0.15) is 24.8 Å². The van der Waals surface area contributed by atoms with Crippen molar-refractivity contribution in [1.82, 2.24) is 10.2 Å². The number of hydrogen-bond donors (Lipinski definition) is 1. The molecule has 1 atom stereocenters.